The second-order valence-electron chi connectivity index (χ2n) is 5.63. The summed E-state index contributed by atoms with van der Waals surface area (Å²) in [6.45, 7) is 6.63. The molecule has 0 spiro atoms. The molecule has 0 atom stereocenters. The third-order valence-corrected chi connectivity index (χ3v) is 2.58. The normalized spacial score (nSPS) is 11.4. The summed E-state index contributed by atoms with van der Waals surface area (Å²) in [6.07, 6.45) is 2.54. The van der Waals surface area contributed by atoms with Gasteiger partial charge in [-0.2, -0.15) is 0 Å². The molecule has 2 N–H and O–H groups in total. The van der Waals surface area contributed by atoms with E-state index >= 15 is 0 Å². The summed E-state index contributed by atoms with van der Waals surface area (Å²) in [7, 11) is 0. The molecule has 0 aliphatic rings. The molecule has 0 saturated carbocycles. The summed E-state index contributed by atoms with van der Waals surface area (Å²) in [6, 6.07) is 1.79. The number of hydrogen-bond donors (Lipinski definition) is 2. The van der Waals surface area contributed by atoms with Crippen molar-refractivity contribution >= 4 is 11.8 Å². The standard InChI is InChI=1S/C14H18N4O4/c1-14(2,3)21-8-10-4-9(18-22-10)5-16-12-7-15-11(6-17-12)13(19)20/h4,6-7H,5,8H2,1-3H3,(H,16,17)(H,19,20). The molecular weight excluding hydrogens is 288 g/mol. The van der Waals surface area contributed by atoms with E-state index in [2.05, 4.69) is 20.4 Å². The first-order valence-corrected chi connectivity index (χ1v) is 6.71. The Kier molecular flexibility index (Phi) is 4.71. The number of nitrogens with zero attached hydrogens (tertiary/aromatic N) is 3. The lowest BCUT2D eigenvalue weighted by atomic mass is 10.2. The van der Waals surface area contributed by atoms with E-state index < -0.39 is 5.97 Å². The SMILES string of the molecule is CC(C)(C)OCc1cc(CNc2cnc(C(=O)O)cn2)no1. The molecule has 2 aromatic heterocycles. The summed E-state index contributed by atoms with van der Waals surface area (Å²) >= 11 is 0. The fourth-order valence-electron chi connectivity index (χ4n) is 1.51. The lowest BCUT2D eigenvalue weighted by Gasteiger charge is -2.17. The maximum Gasteiger partial charge on any atom is 0.356 e. The number of ether oxygens (including phenoxy) is 1. The van der Waals surface area contributed by atoms with Crippen molar-refractivity contribution in [1.82, 2.24) is 15.1 Å². The van der Waals surface area contributed by atoms with Gasteiger partial charge in [-0.25, -0.2) is 14.8 Å². The van der Waals surface area contributed by atoms with Crippen LogP contribution in [0.4, 0.5) is 5.82 Å². The number of nitrogens with one attached hydrogen (secondary N) is 1. The van der Waals surface area contributed by atoms with Crippen LogP contribution in [0.1, 0.15) is 42.7 Å². The molecule has 2 rings (SSSR count). The zero-order valence-corrected chi connectivity index (χ0v) is 12.7. The minimum atomic E-state index is -1.11. The maximum absolute atomic E-state index is 10.7. The van der Waals surface area contributed by atoms with Crippen molar-refractivity contribution < 1.29 is 19.2 Å². The molecule has 0 bridgehead atoms. The number of aromatic carboxylic acids is 1. The summed E-state index contributed by atoms with van der Waals surface area (Å²) in [5.74, 6) is -0.0152. The van der Waals surface area contributed by atoms with E-state index in [0.717, 1.165) is 0 Å². The molecule has 0 aromatic carbocycles. The van der Waals surface area contributed by atoms with Gasteiger partial charge in [0, 0.05) is 6.07 Å². The second-order valence-corrected chi connectivity index (χ2v) is 5.63. The average molecular weight is 306 g/mol. The predicted molar refractivity (Wildman–Crippen MR) is 77.4 cm³/mol. The van der Waals surface area contributed by atoms with Crippen LogP contribution in [0.15, 0.2) is 23.0 Å². The zero-order chi connectivity index (χ0) is 16.2. The number of carboxylic acid groups (broad SMARTS) is 1. The van der Waals surface area contributed by atoms with E-state index in [-0.39, 0.29) is 11.3 Å². The van der Waals surface area contributed by atoms with Crippen molar-refractivity contribution in [3.05, 3.63) is 35.6 Å². The molecular formula is C14H18N4O4. The van der Waals surface area contributed by atoms with Crippen molar-refractivity contribution in [3.8, 4) is 0 Å². The Bertz CT molecular complexity index is 631. The molecule has 2 heterocycles. The Morgan fingerprint density at radius 3 is 2.73 bits per heavy atom. The van der Waals surface area contributed by atoms with Gasteiger partial charge in [-0.15, -0.1) is 0 Å². The average Bonchev–Trinajstić information content (AvgIpc) is 2.91. The fourth-order valence-corrected chi connectivity index (χ4v) is 1.51. The molecule has 8 heteroatoms. The predicted octanol–water partition coefficient (Wildman–Crippen LogP) is 2.09. The monoisotopic (exact) mass is 306 g/mol. The third-order valence-electron chi connectivity index (χ3n) is 2.58. The highest BCUT2D eigenvalue weighted by atomic mass is 16.5. The van der Waals surface area contributed by atoms with Crippen molar-refractivity contribution in [1.29, 1.82) is 0 Å². The first-order chi connectivity index (χ1) is 10.3. The zero-order valence-electron chi connectivity index (χ0n) is 12.7. The molecule has 0 saturated heterocycles. The van der Waals surface area contributed by atoms with Crippen LogP contribution in [0.25, 0.3) is 0 Å². The van der Waals surface area contributed by atoms with Crippen molar-refractivity contribution in [3.63, 3.8) is 0 Å². The van der Waals surface area contributed by atoms with Gasteiger partial charge in [-0.1, -0.05) is 5.16 Å². The Hall–Kier alpha value is -2.48. The molecule has 22 heavy (non-hydrogen) atoms. The van der Waals surface area contributed by atoms with Crippen LogP contribution in [0.5, 0.6) is 0 Å². The number of anilines is 1. The van der Waals surface area contributed by atoms with Gasteiger partial charge in [0.2, 0.25) is 0 Å². The van der Waals surface area contributed by atoms with E-state index in [9.17, 15) is 4.79 Å². The minimum Gasteiger partial charge on any atom is -0.476 e. The van der Waals surface area contributed by atoms with E-state index in [4.69, 9.17) is 14.4 Å². The van der Waals surface area contributed by atoms with Gasteiger partial charge in [0.05, 0.1) is 24.5 Å². The quantitative estimate of drug-likeness (QED) is 0.834. The van der Waals surface area contributed by atoms with Gasteiger partial charge < -0.3 is 19.7 Å². The number of carboxylic acids is 1. The second kappa shape index (κ2) is 6.52. The van der Waals surface area contributed by atoms with Crippen LogP contribution in [-0.2, 0) is 17.9 Å². The van der Waals surface area contributed by atoms with Crippen LogP contribution in [-0.4, -0.2) is 31.8 Å². The topological polar surface area (TPSA) is 110 Å². The highest BCUT2D eigenvalue weighted by molar-refractivity contribution is 5.84. The summed E-state index contributed by atoms with van der Waals surface area (Å²) in [5.41, 5.74) is 0.345. The Labute approximate surface area is 127 Å². The van der Waals surface area contributed by atoms with Gasteiger partial charge in [0.25, 0.3) is 0 Å². The minimum absolute atomic E-state index is 0.103. The summed E-state index contributed by atoms with van der Waals surface area (Å²) in [4.78, 5) is 18.4. The number of aromatic nitrogens is 3. The van der Waals surface area contributed by atoms with E-state index in [1.165, 1.54) is 12.4 Å². The van der Waals surface area contributed by atoms with Crippen LogP contribution >= 0.6 is 0 Å². The van der Waals surface area contributed by atoms with Crippen LogP contribution in [0.3, 0.4) is 0 Å². The first kappa shape index (κ1) is 15.9. The number of rotatable bonds is 6. The van der Waals surface area contributed by atoms with Gasteiger partial charge in [0.1, 0.15) is 18.1 Å². The summed E-state index contributed by atoms with van der Waals surface area (Å²) in [5, 5.41) is 15.6. The Balaban J connectivity index is 1.86. The molecule has 0 aliphatic heterocycles. The number of hydrogen-bond acceptors (Lipinski definition) is 7. The van der Waals surface area contributed by atoms with E-state index in [1.54, 1.807) is 6.07 Å². The Morgan fingerprint density at radius 2 is 2.14 bits per heavy atom. The van der Waals surface area contributed by atoms with Crippen LogP contribution in [0, 0.1) is 0 Å². The lowest BCUT2D eigenvalue weighted by Crippen LogP contribution is -2.18. The Morgan fingerprint density at radius 1 is 1.36 bits per heavy atom. The fraction of sp³-hybridized carbons (Fsp3) is 0.429. The van der Waals surface area contributed by atoms with Crippen molar-refractivity contribution in [2.45, 2.75) is 39.5 Å². The highest BCUT2D eigenvalue weighted by Gasteiger charge is 2.13. The smallest absolute Gasteiger partial charge is 0.356 e. The molecule has 8 nitrogen and oxygen atoms in total. The summed E-state index contributed by atoms with van der Waals surface area (Å²) < 4.78 is 10.8. The highest BCUT2D eigenvalue weighted by Crippen LogP contribution is 2.13. The molecule has 118 valence electrons. The lowest BCUT2D eigenvalue weighted by molar-refractivity contribution is -0.0241. The van der Waals surface area contributed by atoms with Gasteiger partial charge >= 0.3 is 5.97 Å². The largest absolute Gasteiger partial charge is 0.476 e. The van der Waals surface area contributed by atoms with Crippen molar-refractivity contribution in [2.75, 3.05) is 5.32 Å². The van der Waals surface area contributed by atoms with Gasteiger partial charge in [-0.3, -0.25) is 0 Å². The van der Waals surface area contributed by atoms with E-state index in [0.29, 0.717) is 30.4 Å². The molecule has 0 unspecified atom stereocenters. The number of carbonyl (C=O) groups is 1. The molecule has 2 aromatic rings. The van der Waals surface area contributed by atoms with Crippen molar-refractivity contribution in [2.24, 2.45) is 0 Å². The first-order valence-electron chi connectivity index (χ1n) is 6.71. The van der Waals surface area contributed by atoms with Gasteiger partial charge in [-0.05, 0) is 20.8 Å². The van der Waals surface area contributed by atoms with Crippen LogP contribution < -0.4 is 5.32 Å². The van der Waals surface area contributed by atoms with E-state index in [1.807, 2.05) is 20.8 Å². The molecule has 0 aliphatic carbocycles. The third kappa shape index (κ3) is 4.81. The maximum atomic E-state index is 10.7. The molecule has 0 fully saturated rings. The molecule has 0 amide bonds. The van der Waals surface area contributed by atoms with Crippen LogP contribution in [0.2, 0.25) is 0 Å². The molecule has 0 radical (unpaired) electrons. The van der Waals surface area contributed by atoms with Gasteiger partial charge in [0.15, 0.2) is 11.5 Å².